The number of aryl methyl sites for hydroxylation is 2. The fourth-order valence-electron chi connectivity index (χ4n) is 3.19. The topological polar surface area (TPSA) is 64.1 Å². The van der Waals surface area contributed by atoms with Gasteiger partial charge in [-0.1, -0.05) is 6.07 Å². The highest BCUT2D eigenvalue weighted by molar-refractivity contribution is 5.94. The van der Waals surface area contributed by atoms with E-state index >= 15 is 0 Å². The van der Waals surface area contributed by atoms with Gasteiger partial charge in [0.1, 0.15) is 23.3 Å². The summed E-state index contributed by atoms with van der Waals surface area (Å²) in [5, 5.41) is 2.71. The van der Waals surface area contributed by atoms with E-state index < -0.39 is 23.1 Å². The monoisotopic (exact) mass is 361 g/mol. The van der Waals surface area contributed by atoms with Crippen LogP contribution in [0, 0.1) is 25.5 Å². The van der Waals surface area contributed by atoms with Crippen molar-refractivity contribution in [3.63, 3.8) is 0 Å². The minimum atomic E-state index is -0.855. The Morgan fingerprint density at radius 1 is 1.08 bits per heavy atom. The van der Waals surface area contributed by atoms with Crippen LogP contribution in [0.25, 0.3) is 0 Å². The van der Waals surface area contributed by atoms with Gasteiger partial charge >= 0.3 is 6.01 Å². The average Bonchev–Trinajstić information content (AvgIpc) is 2.55. The summed E-state index contributed by atoms with van der Waals surface area (Å²) in [4.78, 5) is 20.7. The molecule has 0 spiro atoms. The van der Waals surface area contributed by atoms with Gasteiger partial charge < -0.3 is 10.1 Å². The Morgan fingerprint density at radius 3 is 2.23 bits per heavy atom. The molecule has 1 aliphatic rings. The van der Waals surface area contributed by atoms with Crippen LogP contribution in [0.15, 0.2) is 24.3 Å². The van der Waals surface area contributed by atoms with Crippen molar-refractivity contribution in [2.24, 2.45) is 0 Å². The molecule has 2 aromatic rings. The molecule has 5 nitrogen and oxygen atoms in total. The molecule has 0 aliphatic heterocycles. The smallest absolute Gasteiger partial charge is 0.317 e. The first kappa shape index (κ1) is 18.2. The number of carbonyl (C=O) groups is 1. The molecule has 1 aliphatic carbocycles. The van der Waals surface area contributed by atoms with Crippen LogP contribution in [0.5, 0.6) is 6.01 Å². The maximum absolute atomic E-state index is 13.7. The van der Waals surface area contributed by atoms with Crippen molar-refractivity contribution < 1.29 is 18.3 Å². The SMILES string of the molecule is Cc1cc(C)nc(OC2CCC(NC(=O)c3c(F)cccc3F)CC2)n1. The predicted octanol–water partition coefficient (Wildman–Crippen LogP) is 3.49. The number of nitrogens with one attached hydrogen (secondary N) is 1. The van der Waals surface area contributed by atoms with Crippen LogP contribution in [0.2, 0.25) is 0 Å². The molecule has 3 rings (SSSR count). The Labute approximate surface area is 150 Å². The molecule has 1 heterocycles. The molecular formula is C19H21F2N3O2. The van der Waals surface area contributed by atoms with Gasteiger partial charge in [-0.05, 0) is 57.7 Å². The highest BCUT2D eigenvalue weighted by Crippen LogP contribution is 2.23. The Hall–Kier alpha value is -2.57. The zero-order chi connectivity index (χ0) is 18.7. The first-order chi connectivity index (χ1) is 12.4. The molecule has 7 heteroatoms. The molecule has 138 valence electrons. The number of rotatable bonds is 4. The fraction of sp³-hybridized carbons (Fsp3) is 0.421. The number of hydrogen-bond acceptors (Lipinski definition) is 4. The number of amides is 1. The van der Waals surface area contributed by atoms with Crippen molar-refractivity contribution in [2.45, 2.75) is 51.7 Å². The van der Waals surface area contributed by atoms with Gasteiger partial charge in [-0.3, -0.25) is 4.79 Å². The lowest BCUT2D eigenvalue weighted by molar-refractivity contribution is 0.0876. The normalized spacial score (nSPS) is 19.8. The minimum Gasteiger partial charge on any atom is -0.460 e. The Balaban J connectivity index is 1.54. The fourth-order valence-corrected chi connectivity index (χ4v) is 3.19. The second kappa shape index (κ2) is 7.76. The standard InChI is InChI=1S/C19H21F2N3O2/c1-11-10-12(2)23-19(22-11)26-14-8-6-13(7-9-14)24-18(25)17-15(20)4-3-5-16(17)21/h3-5,10,13-14H,6-9H2,1-2H3,(H,24,25). The van der Waals surface area contributed by atoms with Crippen LogP contribution < -0.4 is 10.1 Å². The van der Waals surface area contributed by atoms with Gasteiger partial charge in [0.25, 0.3) is 5.91 Å². The van der Waals surface area contributed by atoms with Crippen molar-refractivity contribution in [2.75, 3.05) is 0 Å². The van der Waals surface area contributed by atoms with E-state index in [1.807, 2.05) is 19.9 Å². The van der Waals surface area contributed by atoms with Gasteiger partial charge in [0.2, 0.25) is 0 Å². The van der Waals surface area contributed by atoms with E-state index in [9.17, 15) is 13.6 Å². The van der Waals surface area contributed by atoms with Crippen LogP contribution in [0.4, 0.5) is 8.78 Å². The van der Waals surface area contributed by atoms with Crippen molar-refractivity contribution in [1.82, 2.24) is 15.3 Å². The summed E-state index contributed by atoms with van der Waals surface area (Å²) in [5.41, 5.74) is 1.16. The maximum Gasteiger partial charge on any atom is 0.317 e. The van der Waals surface area contributed by atoms with Crippen molar-refractivity contribution in [1.29, 1.82) is 0 Å². The summed E-state index contributed by atoms with van der Waals surface area (Å²) in [6.07, 6.45) is 2.71. The highest BCUT2D eigenvalue weighted by Gasteiger charge is 2.26. The first-order valence-corrected chi connectivity index (χ1v) is 8.66. The van der Waals surface area contributed by atoms with E-state index in [0.717, 1.165) is 23.5 Å². The third kappa shape index (κ3) is 4.33. The van der Waals surface area contributed by atoms with Crippen molar-refractivity contribution in [3.8, 4) is 6.01 Å². The molecule has 1 aromatic carbocycles. The van der Waals surface area contributed by atoms with Crippen LogP contribution in [0.1, 0.15) is 47.4 Å². The van der Waals surface area contributed by atoms with Crippen LogP contribution >= 0.6 is 0 Å². The van der Waals surface area contributed by atoms with Gasteiger partial charge in [-0.15, -0.1) is 0 Å². The van der Waals surface area contributed by atoms with Gasteiger partial charge in [0.05, 0.1) is 0 Å². The molecule has 0 unspecified atom stereocenters. The average molecular weight is 361 g/mol. The zero-order valence-electron chi connectivity index (χ0n) is 14.8. The first-order valence-electron chi connectivity index (χ1n) is 8.66. The number of hydrogen-bond donors (Lipinski definition) is 1. The summed E-state index contributed by atoms with van der Waals surface area (Å²) in [6.45, 7) is 3.77. The number of benzene rings is 1. The second-order valence-corrected chi connectivity index (χ2v) is 6.59. The van der Waals surface area contributed by atoms with E-state index in [2.05, 4.69) is 15.3 Å². The van der Waals surface area contributed by atoms with Gasteiger partial charge in [-0.2, -0.15) is 0 Å². The largest absolute Gasteiger partial charge is 0.460 e. The Bertz CT molecular complexity index is 765. The van der Waals surface area contributed by atoms with Gasteiger partial charge in [0, 0.05) is 17.4 Å². The van der Waals surface area contributed by atoms with E-state index in [0.29, 0.717) is 31.7 Å². The summed E-state index contributed by atoms with van der Waals surface area (Å²) >= 11 is 0. The highest BCUT2D eigenvalue weighted by atomic mass is 19.1. The molecule has 1 fully saturated rings. The molecule has 0 bridgehead atoms. The molecule has 1 saturated carbocycles. The number of nitrogens with zero attached hydrogens (tertiary/aromatic N) is 2. The molecule has 1 aromatic heterocycles. The Morgan fingerprint density at radius 2 is 1.65 bits per heavy atom. The van der Waals surface area contributed by atoms with E-state index in [-0.39, 0.29) is 12.1 Å². The molecule has 1 amide bonds. The second-order valence-electron chi connectivity index (χ2n) is 6.59. The van der Waals surface area contributed by atoms with Crippen LogP contribution in [-0.2, 0) is 0 Å². The molecule has 0 saturated heterocycles. The lowest BCUT2D eigenvalue weighted by Crippen LogP contribution is -2.40. The number of carbonyl (C=O) groups excluding carboxylic acids is 1. The minimum absolute atomic E-state index is 0.0328. The molecular weight excluding hydrogens is 340 g/mol. The number of ether oxygens (including phenoxy) is 1. The quantitative estimate of drug-likeness (QED) is 0.905. The third-order valence-electron chi connectivity index (χ3n) is 4.43. The summed E-state index contributed by atoms with van der Waals surface area (Å²) < 4.78 is 33.2. The summed E-state index contributed by atoms with van der Waals surface area (Å²) in [7, 11) is 0. The maximum atomic E-state index is 13.7. The Kier molecular flexibility index (Phi) is 5.44. The molecule has 1 N–H and O–H groups in total. The van der Waals surface area contributed by atoms with E-state index in [1.165, 1.54) is 6.07 Å². The van der Waals surface area contributed by atoms with Crippen molar-refractivity contribution in [3.05, 3.63) is 52.9 Å². The van der Waals surface area contributed by atoms with Crippen molar-refractivity contribution >= 4 is 5.91 Å². The third-order valence-corrected chi connectivity index (χ3v) is 4.43. The van der Waals surface area contributed by atoms with Gasteiger partial charge in [0.15, 0.2) is 0 Å². The summed E-state index contributed by atoms with van der Waals surface area (Å²) in [6, 6.07) is 5.49. The molecule has 0 radical (unpaired) electrons. The number of halogens is 2. The predicted molar refractivity (Wildman–Crippen MR) is 92.0 cm³/mol. The lowest BCUT2D eigenvalue weighted by Gasteiger charge is -2.29. The van der Waals surface area contributed by atoms with Crippen LogP contribution in [-0.4, -0.2) is 28.0 Å². The van der Waals surface area contributed by atoms with E-state index in [1.54, 1.807) is 0 Å². The van der Waals surface area contributed by atoms with Crippen LogP contribution in [0.3, 0.4) is 0 Å². The van der Waals surface area contributed by atoms with Gasteiger partial charge in [-0.25, -0.2) is 18.7 Å². The lowest BCUT2D eigenvalue weighted by atomic mass is 9.92. The number of aromatic nitrogens is 2. The van der Waals surface area contributed by atoms with E-state index in [4.69, 9.17) is 4.74 Å². The zero-order valence-corrected chi connectivity index (χ0v) is 14.8. The molecule has 26 heavy (non-hydrogen) atoms. The molecule has 0 atom stereocenters. The summed E-state index contributed by atoms with van der Waals surface area (Å²) in [5.74, 6) is -2.43.